The molecule has 2 aliphatic heterocycles. The van der Waals surface area contributed by atoms with Gasteiger partial charge in [-0.1, -0.05) is 0 Å². The zero-order chi connectivity index (χ0) is 14.4. The highest BCUT2D eigenvalue weighted by molar-refractivity contribution is 5.84. The lowest BCUT2D eigenvalue weighted by Crippen LogP contribution is -2.54. The van der Waals surface area contributed by atoms with Crippen LogP contribution in [0.15, 0.2) is 6.33 Å². The van der Waals surface area contributed by atoms with Gasteiger partial charge >= 0.3 is 6.18 Å². The van der Waals surface area contributed by atoms with E-state index in [-0.39, 0.29) is 32.6 Å². The molecule has 0 saturated carbocycles. The summed E-state index contributed by atoms with van der Waals surface area (Å²) in [6, 6.07) is 0. The van der Waals surface area contributed by atoms with Crippen LogP contribution in [0.2, 0.25) is 0 Å². The van der Waals surface area contributed by atoms with E-state index in [1.165, 1.54) is 11.2 Å². The predicted octanol–water partition coefficient (Wildman–Crippen LogP) is 0.162. The summed E-state index contributed by atoms with van der Waals surface area (Å²) < 4.78 is 41.8. The molecule has 110 valence electrons. The van der Waals surface area contributed by atoms with Gasteiger partial charge in [-0.2, -0.15) is 13.2 Å². The maximum atomic E-state index is 13.3. The van der Waals surface area contributed by atoms with Crippen molar-refractivity contribution in [1.82, 2.24) is 25.0 Å². The van der Waals surface area contributed by atoms with Crippen LogP contribution >= 0.6 is 0 Å². The van der Waals surface area contributed by atoms with Crippen LogP contribution in [0.1, 0.15) is 12.2 Å². The summed E-state index contributed by atoms with van der Waals surface area (Å²) >= 11 is 0. The first-order valence-corrected chi connectivity index (χ1v) is 6.37. The largest absolute Gasteiger partial charge is 0.404 e. The van der Waals surface area contributed by atoms with Gasteiger partial charge in [0.25, 0.3) is 0 Å². The van der Waals surface area contributed by atoms with Gasteiger partial charge in [0.05, 0.1) is 6.54 Å². The van der Waals surface area contributed by atoms with E-state index in [1.807, 2.05) is 0 Å². The molecule has 3 rings (SSSR count). The van der Waals surface area contributed by atoms with Crippen molar-refractivity contribution in [1.29, 1.82) is 0 Å². The molecule has 1 aromatic heterocycles. The SMILES string of the molecule is O=C(N1CCn2cnnc2C1)C1(C(F)(F)F)CCNC1. The smallest absolute Gasteiger partial charge is 0.333 e. The monoisotopic (exact) mass is 289 g/mol. The molecule has 0 aliphatic carbocycles. The number of aromatic nitrogens is 3. The third kappa shape index (κ3) is 1.88. The van der Waals surface area contributed by atoms with E-state index in [4.69, 9.17) is 0 Å². The first kappa shape index (κ1) is 13.3. The van der Waals surface area contributed by atoms with Gasteiger partial charge in [-0.3, -0.25) is 4.79 Å². The van der Waals surface area contributed by atoms with Gasteiger partial charge in [0.15, 0.2) is 11.2 Å². The topological polar surface area (TPSA) is 63.1 Å². The summed E-state index contributed by atoms with van der Waals surface area (Å²) in [7, 11) is 0. The van der Waals surface area contributed by atoms with Crippen LogP contribution in [0.25, 0.3) is 0 Å². The maximum Gasteiger partial charge on any atom is 0.404 e. The molecule has 1 N–H and O–H groups in total. The Morgan fingerprint density at radius 1 is 1.40 bits per heavy atom. The highest BCUT2D eigenvalue weighted by atomic mass is 19.4. The summed E-state index contributed by atoms with van der Waals surface area (Å²) in [5, 5.41) is 10.2. The minimum atomic E-state index is -4.54. The number of halogens is 3. The van der Waals surface area contributed by atoms with E-state index >= 15 is 0 Å². The maximum absolute atomic E-state index is 13.3. The van der Waals surface area contributed by atoms with Crippen molar-refractivity contribution in [3.8, 4) is 0 Å². The second-order valence-electron chi connectivity index (χ2n) is 5.17. The lowest BCUT2D eigenvalue weighted by atomic mass is 9.84. The fourth-order valence-electron chi connectivity index (χ4n) is 2.78. The van der Waals surface area contributed by atoms with Crippen LogP contribution in [-0.2, 0) is 17.9 Å². The minimum absolute atomic E-state index is 0.0800. The lowest BCUT2D eigenvalue weighted by molar-refractivity contribution is -0.222. The molecule has 0 spiro atoms. The molecule has 1 amide bonds. The van der Waals surface area contributed by atoms with Gasteiger partial charge in [-0.05, 0) is 13.0 Å². The molecule has 3 heterocycles. The first-order valence-electron chi connectivity index (χ1n) is 6.37. The van der Waals surface area contributed by atoms with Gasteiger partial charge in [0.2, 0.25) is 5.91 Å². The third-order valence-electron chi connectivity index (χ3n) is 4.03. The normalized spacial score (nSPS) is 26.6. The predicted molar refractivity (Wildman–Crippen MR) is 61.4 cm³/mol. The van der Waals surface area contributed by atoms with Crippen LogP contribution in [0.3, 0.4) is 0 Å². The Kier molecular flexibility index (Phi) is 2.96. The van der Waals surface area contributed by atoms with Crippen molar-refractivity contribution in [3.63, 3.8) is 0 Å². The zero-order valence-corrected chi connectivity index (χ0v) is 10.7. The zero-order valence-electron chi connectivity index (χ0n) is 10.7. The standard InChI is InChI=1S/C11H14F3N5O/c12-11(13,14)10(1-2-15-6-10)9(20)18-3-4-19-7-16-17-8(19)5-18/h7,15H,1-6H2. The Labute approximate surface area is 112 Å². The fraction of sp³-hybridized carbons (Fsp3) is 0.727. The van der Waals surface area contributed by atoms with Crippen molar-refractivity contribution in [2.75, 3.05) is 19.6 Å². The number of nitrogens with one attached hydrogen (secondary N) is 1. The summed E-state index contributed by atoms with van der Waals surface area (Å²) in [5.74, 6) is -0.336. The Morgan fingerprint density at radius 3 is 2.85 bits per heavy atom. The van der Waals surface area contributed by atoms with Crippen molar-refractivity contribution in [3.05, 3.63) is 12.2 Å². The number of amides is 1. The summed E-state index contributed by atoms with van der Waals surface area (Å²) in [6.45, 7) is 0.613. The molecule has 0 bridgehead atoms. The third-order valence-corrected chi connectivity index (χ3v) is 4.03. The van der Waals surface area contributed by atoms with E-state index < -0.39 is 17.5 Å². The molecule has 0 aromatic carbocycles. The molecular formula is C11H14F3N5O. The molecule has 0 radical (unpaired) electrons. The van der Waals surface area contributed by atoms with E-state index in [0.717, 1.165) is 0 Å². The first-order chi connectivity index (χ1) is 9.44. The number of alkyl halides is 3. The van der Waals surface area contributed by atoms with Crippen molar-refractivity contribution < 1.29 is 18.0 Å². The number of rotatable bonds is 1. The molecule has 1 unspecified atom stereocenters. The molecular weight excluding hydrogens is 275 g/mol. The fourth-order valence-corrected chi connectivity index (χ4v) is 2.78. The van der Waals surface area contributed by atoms with Crippen LogP contribution in [0, 0.1) is 5.41 Å². The van der Waals surface area contributed by atoms with Gasteiger partial charge in [-0.15, -0.1) is 10.2 Å². The number of nitrogens with zero attached hydrogens (tertiary/aromatic N) is 4. The molecule has 1 saturated heterocycles. The Balaban J connectivity index is 1.85. The molecule has 9 heteroatoms. The second-order valence-corrected chi connectivity index (χ2v) is 5.17. The number of hydrogen-bond donors (Lipinski definition) is 1. The highest BCUT2D eigenvalue weighted by Gasteiger charge is 2.62. The molecule has 1 atom stereocenters. The Morgan fingerprint density at radius 2 is 2.20 bits per heavy atom. The quantitative estimate of drug-likeness (QED) is 0.800. The van der Waals surface area contributed by atoms with Crippen molar-refractivity contribution in [2.45, 2.75) is 25.7 Å². The van der Waals surface area contributed by atoms with E-state index in [0.29, 0.717) is 12.4 Å². The van der Waals surface area contributed by atoms with Crippen molar-refractivity contribution >= 4 is 5.91 Å². The molecule has 20 heavy (non-hydrogen) atoms. The summed E-state index contributed by atoms with van der Waals surface area (Å²) in [4.78, 5) is 13.6. The molecule has 1 aromatic rings. The number of fused-ring (bicyclic) bond motifs is 1. The molecule has 2 aliphatic rings. The lowest BCUT2D eigenvalue weighted by Gasteiger charge is -2.36. The average molecular weight is 289 g/mol. The molecule has 1 fully saturated rings. The summed E-state index contributed by atoms with van der Waals surface area (Å²) in [5.41, 5.74) is -2.30. The Hall–Kier alpha value is -1.64. The van der Waals surface area contributed by atoms with Gasteiger partial charge in [0.1, 0.15) is 6.33 Å². The number of carbonyl (C=O) groups is 1. The summed E-state index contributed by atoms with van der Waals surface area (Å²) in [6.07, 6.45) is -3.23. The van der Waals surface area contributed by atoms with E-state index in [9.17, 15) is 18.0 Å². The molecule has 6 nitrogen and oxygen atoms in total. The van der Waals surface area contributed by atoms with Gasteiger partial charge in [0, 0.05) is 19.6 Å². The highest BCUT2D eigenvalue weighted by Crippen LogP contribution is 2.44. The van der Waals surface area contributed by atoms with Gasteiger partial charge in [-0.25, -0.2) is 0 Å². The van der Waals surface area contributed by atoms with Crippen LogP contribution < -0.4 is 5.32 Å². The number of hydrogen-bond acceptors (Lipinski definition) is 4. The number of carbonyl (C=O) groups excluding carboxylic acids is 1. The minimum Gasteiger partial charge on any atom is -0.333 e. The van der Waals surface area contributed by atoms with E-state index in [1.54, 1.807) is 4.57 Å². The van der Waals surface area contributed by atoms with Crippen molar-refractivity contribution in [2.24, 2.45) is 5.41 Å². The van der Waals surface area contributed by atoms with Gasteiger partial charge < -0.3 is 14.8 Å². The average Bonchev–Trinajstić information content (AvgIpc) is 3.05. The van der Waals surface area contributed by atoms with Crippen LogP contribution in [0.4, 0.5) is 13.2 Å². The van der Waals surface area contributed by atoms with Crippen LogP contribution in [-0.4, -0.2) is 51.4 Å². The van der Waals surface area contributed by atoms with E-state index in [2.05, 4.69) is 15.5 Å². The second kappa shape index (κ2) is 4.44. The Bertz CT molecular complexity index is 520. The van der Waals surface area contributed by atoms with Crippen LogP contribution in [0.5, 0.6) is 0 Å².